The lowest BCUT2D eigenvalue weighted by Gasteiger charge is -2.20. The minimum atomic E-state index is -0.673. The van der Waals surface area contributed by atoms with Crippen LogP contribution in [0.3, 0.4) is 0 Å². The zero-order valence-electron chi connectivity index (χ0n) is 18.0. The highest BCUT2D eigenvalue weighted by atomic mass is 35.5. The summed E-state index contributed by atoms with van der Waals surface area (Å²) >= 11 is 6.39. The summed E-state index contributed by atoms with van der Waals surface area (Å²) in [5, 5.41) is 8.57. The Balaban J connectivity index is 2.20. The van der Waals surface area contributed by atoms with Gasteiger partial charge in [-0.2, -0.15) is 10.2 Å². The molecule has 0 amide bonds. The summed E-state index contributed by atoms with van der Waals surface area (Å²) in [6, 6.07) is 7.45. The minimum absolute atomic E-state index is 0.00483. The predicted octanol–water partition coefficient (Wildman–Crippen LogP) is 4.57. The van der Waals surface area contributed by atoms with Gasteiger partial charge in [0, 0.05) is 11.1 Å². The van der Waals surface area contributed by atoms with Gasteiger partial charge in [-0.1, -0.05) is 51.4 Å². The van der Waals surface area contributed by atoms with E-state index in [-0.39, 0.29) is 39.1 Å². The van der Waals surface area contributed by atoms with Crippen LogP contribution < -0.4 is 11.2 Å². The van der Waals surface area contributed by atoms with E-state index in [1.165, 1.54) is 22.8 Å². The lowest BCUT2D eigenvalue weighted by Crippen LogP contribution is -2.32. The zero-order chi connectivity index (χ0) is 23.2. The minimum Gasteiger partial charge on any atom is -0.273 e. The van der Waals surface area contributed by atoms with Gasteiger partial charge in [0.15, 0.2) is 5.65 Å². The number of nitrogens with one attached hydrogen (secondary N) is 1. The van der Waals surface area contributed by atoms with Gasteiger partial charge in [-0.15, -0.1) is 0 Å². The number of aromatic nitrogens is 5. The van der Waals surface area contributed by atoms with Crippen molar-refractivity contribution >= 4 is 22.6 Å². The van der Waals surface area contributed by atoms with Gasteiger partial charge in [0.1, 0.15) is 5.82 Å². The first-order chi connectivity index (χ1) is 15.2. The number of nitrogens with zero attached hydrogens (tertiary/aromatic N) is 4. The molecule has 0 aliphatic carbocycles. The van der Waals surface area contributed by atoms with Gasteiger partial charge in [0.05, 0.1) is 33.7 Å². The first-order valence-corrected chi connectivity index (χ1v) is 10.5. The van der Waals surface area contributed by atoms with Gasteiger partial charge in [-0.25, -0.2) is 18.7 Å². The lowest BCUT2D eigenvalue weighted by atomic mass is 9.98. The van der Waals surface area contributed by atoms with E-state index in [0.29, 0.717) is 11.4 Å². The van der Waals surface area contributed by atoms with Crippen molar-refractivity contribution in [1.29, 1.82) is 0 Å². The highest BCUT2D eigenvalue weighted by Gasteiger charge is 2.23. The molecule has 4 aromatic rings. The Hall–Kier alpha value is -3.39. The molecule has 0 saturated heterocycles. The summed E-state index contributed by atoms with van der Waals surface area (Å²) in [6.07, 6.45) is 1.60. The van der Waals surface area contributed by atoms with E-state index in [4.69, 9.17) is 11.6 Å². The summed E-state index contributed by atoms with van der Waals surface area (Å²) in [6.45, 7) is 7.81. The second kappa shape index (κ2) is 8.27. The van der Waals surface area contributed by atoms with Crippen LogP contribution in [0.1, 0.15) is 50.8 Å². The molecule has 0 fully saturated rings. The fourth-order valence-corrected chi connectivity index (χ4v) is 3.90. The number of hydrogen-bond acceptors (Lipinski definition) is 5. The molecule has 0 saturated carbocycles. The van der Waals surface area contributed by atoms with Crippen molar-refractivity contribution in [1.82, 2.24) is 24.7 Å². The molecule has 3 aromatic heterocycles. The fourth-order valence-electron chi connectivity index (χ4n) is 3.65. The molecule has 3 heterocycles. The number of fused-ring (bicyclic) bond motifs is 1. The van der Waals surface area contributed by atoms with Crippen molar-refractivity contribution in [2.75, 3.05) is 0 Å². The van der Waals surface area contributed by atoms with E-state index in [1.807, 2.05) is 27.7 Å². The molecule has 1 aromatic carbocycles. The summed E-state index contributed by atoms with van der Waals surface area (Å²) in [7, 11) is 0. The van der Waals surface area contributed by atoms with Crippen LogP contribution in [0.2, 0.25) is 5.02 Å². The molecule has 164 valence electrons. The van der Waals surface area contributed by atoms with E-state index >= 15 is 0 Å². The maximum Gasteiger partial charge on any atom is 0.334 e. The van der Waals surface area contributed by atoms with Gasteiger partial charge < -0.3 is 0 Å². The Morgan fingerprint density at radius 1 is 1.09 bits per heavy atom. The molecular formula is C23H21ClFN5O2. The molecular weight excluding hydrogens is 433 g/mol. The smallest absolute Gasteiger partial charge is 0.273 e. The largest absolute Gasteiger partial charge is 0.334 e. The van der Waals surface area contributed by atoms with Crippen LogP contribution in [0.4, 0.5) is 4.39 Å². The molecule has 0 atom stereocenters. The van der Waals surface area contributed by atoms with Crippen LogP contribution in [0, 0.1) is 5.82 Å². The van der Waals surface area contributed by atoms with Crippen molar-refractivity contribution < 1.29 is 4.39 Å². The van der Waals surface area contributed by atoms with Gasteiger partial charge in [0.25, 0.3) is 5.56 Å². The number of halogens is 2. The summed E-state index contributed by atoms with van der Waals surface area (Å²) in [5.41, 5.74) is 0.918. The standard InChI is InChI=1S/C23H21ClFN5O2/c1-11(2)15-10-26-29-18(12(3)4)20(15)30-21-14(22(31)28-23(30)32)9-16(24)19(27-21)13-7-5-6-8-17(13)25/h5-12H,1-4H3,(H,28,31,32). The van der Waals surface area contributed by atoms with Crippen LogP contribution in [-0.2, 0) is 0 Å². The van der Waals surface area contributed by atoms with Crippen LogP contribution in [-0.4, -0.2) is 24.7 Å². The van der Waals surface area contributed by atoms with E-state index in [0.717, 1.165) is 5.56 Å². The molecule has 7 nitrogen and oxygen atoms in total. The third-order valence-corrected chi connectivity index (χ3v) is 5.52. The molecule has 0 aliphatic heterocycles. The summed E-state index contributed by atoms with van der Waals surface area (Å²) < 4.78 is 15.8. The monoisotopic (exact) mass is 453 g/mol. The fraction of sp³-hybridized carbons (Fsp3) is 0.261. The zero-order valence-corrected chi connectivity index (χ0v) is 18.7. The van der Waals surface area contributed by atoms with Crippen molar-refractivity contribution in [2.45, 2.75) is 39.5 Å². The third kappa shape index (κ3) is 3.60. The van der Waals surface area contributed by atoms with Crippen molar-refractivity contribution in [3.8, 4) is 16.9 Å². The molecule has 32 heavy (non-hydrogen) atoms. The second-order valence-corrected chi connectivity index (χ2v) is 8.51. The van der Waals surface area contributed by atoms with Crippen LogP contribution in [0.5, 0.6) is 0 Å². The van der Waals surface area contributed by atoms with E-state index < -0.39 is 17.1 Å². The van der Waals surface area contributed by atoms with Gasteiger partial charge >= 0.3 is 5.69 Å². The maximum absolute atomic E-state index is 14.5. The first kappa shape index (κ1) is 21.8. The normalized spacial score (nSPS) is 11.6. The van der Waals surface area contributed by atoms with Gasteiger partial charge in [-0.3, -0.25) is 9.78 Å². The lowest BCUT2D eigenvalue weighted by molar-refractivity contribution is 0.631. The van der Waals surface area contributed by atoms with Crippen LogP contribution in [0.15, 0.2) is 46.1 Å². The van der Waals surface area contributed by atoms with Crippen molar-refractivity contribution in [3.63, 3.8) is 0 Å². The average Bonchev–Trinajstić information content (AvgIpc) is 2.74. The highest BCUT2D eigenvalue weighted by Crippen LogP contribution is 2.32. The Kier molecular flexibility index (Phi) is 5.64. The Labute approximate surface area is 187 Å². The molecule has 1 N–H and O–H groups in total. The number of H-pyrrole nitrogens is 1. The van der Waals surface area contributed by atoms with E-state index in [9.17, 15) is 14.0 Å². The Bertz CT molecular complexity index is 1430. The number of pyridine rings is 1. The second-order valence-electron chi connectivity index (χ2n) is 8.11. The first-order valence-electron chi connectivity index (χ1n) is 10.2. The molecule has 0 radical (unpaired) electrons. The molecule has 0 aliphatic rings. The number of benzene rings is 1. The third-order valence-electron chi connectivity index (χ3n) is 5.24. The molecule has 0 spiro atoms. The molecule has 0 bridgehead atoms. The van der Waals surface area contributed by atoms with E-state index in [2.05, 4.69) is 20.2 Å². The highest BCUT2D eigenvalue weighted by molar-refractivity contribution is 6.33. The SMILES string of the molecule is CC(C)c1cnnc(C(C)C)c1-n1c(=O)[nH]c(=O)c2cc(Cl)c(-c3ccccc3F)nc21. The Morgan fingerprint density at radius 3 is 2.47 bits per heavy atom. The topological polar surface area (TPSA) is 93.5 Å². The molecule has 9 heteroatoms. The van der Waals surface area contributed by atoms with E-state index in [1.54, 1.807) is 18.3 Å². The summed E-state index contributed by atoms with van der Waals surface area (Å²) in [5.74, 6) is -0.579. The van der Waals surface area contributed by atoms with Crippen LogP contribution >= 0.6 is 11.6 Å². The van der Waals surface area contributed by atoms with Crippen LogP contribution in [0.25, 0.3) is 28.0 Å². The van der Waals surface area contributed by atoms with Crippen molar-refractivity contribution in [3.05, 3.63) is 79.5 Å². The molecule has 0 unspecified atom stereocenters. The predicted molar refractivity (Wildman–Crippen MR) is 122 cm³/mol. The summed E-state index contributed by atoms with van der Waals surface area (Å²) in [4.78, 5) is 32.6. The number of aromatic amines is 1. The average molecular weight is 454 g/mol. The van der Waals surface area contributed by atoms with Gasteiger partial charge in [0.2, 0.25) is 0 Å². The molecule has 4 rings (SSSR count). The van der Waals surface area contributed by atoms with Crippen molar-refractivity contribution in [2.24, 2.45) is 0 Å². The number of hydrogen-bond donors (Lipinski definition) is 1. The maximum atomic E-state index is 14.5. The van der Waals surface area contributed by atoms with Gasteiger partial charge in [-0.05, 0) is 30.0 Å². The Morgan fingerprint density at radius 2 is 1.81 bits per heavy atom. The number of rotatable bonds is 4. The quantitative estimate of drug-likeness (QED) is 0.488.